The summed E-state index contributed by atoms with van der Waals surface area (Å²) in [6.07, 6.45) is 3.74. The predicted molar refractivity (Wildman–Crippen MR) is 63.7 cm³/mol. The third-order valence-electron chi connectivity index (χ3n) is 3.36. The first-order chi connectivity index (χ1) is 8.25. The average molecular weight is 233 g/mol. The fourth-order valence-corrected chi connectivity index (χ4v) is 2.32. The summed E-state index contributed by atoms with van der Waals surface area (Å²) in [7, 11) is 0. The first-order valence-corrected chi connectivity index (χ1v) is 5.83. The van der Waals surface area contributed by atoms with Crippen LogP contribution in [0.15, 0.2) is 12.7 Å². The molecule has 0 radical (unpaired) electrons. The fourth-order valence-electron chi connectivity index (χ4n) is 2.32. The van der Waals surface area contributed by atoms with E-state index in [1.54, 1.807) is 6.33 Å². The maximum absolute atomic E-state index is 9.74. The van der Waals surface area contributed by atoms with Crippen molar-refractivity contribution in [2.45, 2.75) is 19.4 Å². The molecule has 2 unspecified atom stereocenters. The standard InChI is InChI=1S/C11H15N5O/c1-7-4-16(3-2-8(7)17)11-9-10(13-5-12-9)14-6-15-11/h5-8,17H,2-4H2,1H3,(H,12,13,14,15). The van der Waals surface area contributed by atoms with Crippen LogP contribution in [-0.4, -0.2) is 44.2 Å². The lowest BCUT2D eigenvalue weighted by atomic mass is 9.97. The molecule has 0 bridgehead atoms. The van der Waals surface area contributed by atoms with Crippen molar-refractivity contribution in [1.82, 2.24) is 19.9 Å². The molecule has 3 rings (SSSR count). The van der Waals surface area contributed by atoms with Gasteiger partial charge in [0, 0.05) is 13.1 Å². The molecule has 2 N–H and O–H groups in total. The molecule has 17 heavy (non-hydrogen) atoms. The van der Waals surface area contributed by atoms with Crippen LogP contribution < -0.4 is 4.90 Å². The van der Waals surface area contributed by atoms with Gasteiger partial charge in [-0.3, -0.25) is 0 Å². The van der Waals surface area contributed by atoms with Crippen LogP contribution in [0.5, 0.6) is 0 Å². The molecule has 0 aromatic carbocycles. The normalized spacial score (nSPS) is 25.4. The Balaban J connectivity index is 1.96. The second-order valence-electron chi connectivity index (χ2n) is 4.58. The van der Waals surface area contributed by atoms with Gasteiger partial charge < -0.3 is 15.0 Å². The molecule has 0 amide bonds. The Morgan fingerprint density at radius 2 is 2.29 bits per heavy atom. The lowest BCUT2D eigenvalue weighted by Crippen LogP contribution is -2.42. The van der Waals surface area contributed by atoms with Crippen LogP contribution in [0, 0.1) is 5.92 Å². The molecule has 1 aliphatic rings. The van der Waals surface area contributed by atoms with E-state index in [9.17, 15) is 5.11 Å². The van der Waals surface area contributed by atoms with E-state index in [-0.39, 0.29) is 12.0 Å². The van der Waals surface area contributed by atoms with Crippen molar-refractivity contribution in [2.24, 2.45) is 5.92 Å². The van der Waals surface area contributed by atoms with E-state index in [1.807, 2.05) is 0 Å². The Labute approximate surface area is 98.7 Å². The third kappa shape index (κ3) is 1.74. The molecule has 0 aliphatic carbocycles. The van der Waals surface area contributed by atoms with Gasteiger partial charge in [-0.25, -0.2) is 15.0 Å². The topological polar surface area (TPSA) is 77.9 Å². The molecular weight excluding hydrogens is 218 g/mol. The number of aliphatic hydroxyl groups excluding tert-OH is 1. The van der Waals surface area contributed by atoms with Gasteiger partial charge in [-0.05, 0) is 12.3 Å². The minimum Gasteiger partial charge on any atom is -0.393 e. The van der Waals surface area contributed by atoms with Crippen molar-refractivity contribution in [1.29, 1.82) is 0 Å². The number of anilines is 1. The highest BCUT2D eigenvalue weighted by Gasteiger charge is 2.26. The van der Waals surface area contributed by atoms with E-state index >= 15 is 0 Å². The molecule has 1 fully saturated rings. The fraction of sp³-hybridized carbons (Fsp3) is 0.545. The summed E-state index contributed by atoms with van der Waals surface area (Å²) < 4.78 is 0. The molecule has 2 aromatic heterocycles. The minimum atomic E-state index is -0.203. The van der Waals surface area contributed by atoms with Crippen molar-refractivity contribution >= 4 is 17.0 Å². The van der Waals surface area contributed by atoms with E-state index in [2.05, 4.69) is 31.8 Å². The number of aliphatic hydroxyl groups is 1. The van der Waals surface area contributed by atoms with E-state index in [1.165, 1.54) is 6.33 Å². The maximum Gasteiger partial charge on any atom is 0.182 e. The maximum atomic E-state index is 9.74. The first kappa shape index (κ1) is 10.5. The van der Waals surface area contributed by atoms with Gasteiger partial charge in [0.2, 0.25) is 0 Å². The number of H-pyrrole nitrogens is 1. The monoisotopic (exact) mass is 233 g/mol. The summed E-state index contributed by atoms with van der Waals surface area (Å²) in [6, 6.07) is 0. The molecule has 2 aromatic rings. The van der Waals surface area contributed by atoms with E-state index < -0.39 is 0 Å². The average Bonchev–Trinajstić information content (AvgIpc) is 2.80. The number of aromatic nitrogens is 4. The van der Waals surface area contributed by atoms with Crippen LogP contribution in [0.3, 0.4) is 0 Å². The zero-order valence-electron chi connectivity index (χ0n) is 9.67. The Morgan fingerprint density at radius 3 is 3.12 bits per heavy atom. The van der Waals surface area contributed by atoms with E-state index in [0.717, 1.165) is 30.8 Å². The second kappa shape index (κ2) is 3.96. The van der Waals surface area contributed by atoms with Gasteiger partial charge in [-0.1, -0.05) is 6.92 Å². The number of nitrogens with one attached hydrogen (secondary N) is 1. The quantitative estimate of drug-likeness (QED) is 0.752. The van der Waals surface area contributed by atoms with Crippen molar-refractivity contribution in [3.05, 3.63) is 12.7 Å². The Kier molecular flexibility index (Phi) is 2.44. The number of piperidine rings is 1. The Hall–Kier alpha value is -1.69. The molecule has 2 atom stereocenters. The second-order valence-corrected chi connectivity index (χ2v) is 4.58. The highest BCUT2D eigenvalue weighted by molar-refractivity contribution is 5.82. The van der Waals surface area contributed by atoms with Crippen LogP contribution in [-0.2, 0) is 0 Å². The Morgan fingerprint density at radius 1 is 1.41 bits per heavy atom. The molecular formula is C11H15N5O. The molecule has 1 saturated heterocycles. The third-order valence-corrected chi connectivity index (χ3v) is 3.36. The summed E-state index contributed by atoms with van der Waals surface area (Å²) in [5.74, 6) is 1.14. The van der Waals surface area contributed by atoms with Crippen molar-refractivity contribution < 1.29 is 5.11 Å². The molecule has 1 aliphatic heterocycles. The van der Waals surface area contributed by atoms with Crippen LogP contribution in [0.25, 0.3) is 11.2 Å². The van der Waals surface area contributed by atoms with Gasteiger partial charge in [-0.15, -0.1) is 0 Å². The summed E-state index contributed by atoms with van der Waals surface area (Å²) in [5, 5.41) is 9.74. The highest BCUT2D eigenvalue weighted by Crippen LogP contribution is 2.25. The zero-order valence-corrected chi connectivity index (χ0v) is 9.67. The van der Waals surface area contributed by atoms with Gasteiger partial charge >= 0.3 is 0 Å². The zero-order chi connectivity index (χ0) is 11.8. The predicted octanol–water partition coefficient (Wildman–Crippen LogP) is 0.560. The number of fused-ring (bicyclic) bond motifs is 1. The number of hydrogen-bond acceptors (Lipinski definition) is 5. The van der Waals surface area contributed by atoms with Gasteiger partial charge in [-0.2, -0.15) is 0 Å². The first-order valence-electron chi connectivity index (χ1n) is 5.83. The lowest BCUT2D eigenvalue weighted by Gasteiger charge is -2.35. The van der Waals surface area contributed by atoms with Crippen molar-refractivity contribution in [3.8, 4) is 0 Å². The van der Waals surface area contributed by atoms with Crippen LogP contribution in [0.1, 0.15) is 13.3 Å². The molecule has 90 valence electrons. The number of imidazole rings is 1. The number of aromatic amines is 1. The minimum absolute atomic E-state index is 0.203. The van der Waals surface area contributed by atoms with E-state index in [0.29, 0.717) is 5.65 Å². The van der Waals surface area contributed by atoms with E-state index in [4.69, 9.17) is 0 Å². The largest absolute Gasteiger partial charge is 0.393 e. The smallest absolute Gasteiger partial charge is 0.182 e. The summed E-state index contributed by atoms with van der Waals surface area (Å²) in [5.41, 5.74) is 1.56. The number of nitrogens with zero attached hydrogens (tertiary/aromatic N) is 4. The van der Waals surface area contributed by atoms with Crippen molar-refractivity contribution in [3.63, 3.8) is 0 Å². The number of hydrogen-bond donors (Lipinski definition) is 2. The van der Waals surface area contributed by atoms with Crippen LogP contribution in [0.2, 0.25) is 0 Å². The molecule has 0 spiro atoms. The van der Waals surface area contributed by atoms with Crippen LogP contribution >= 0.6 is 0 Å². The molecule has 6 heteroatoms. The van der Waals surface area contributed by atoms with Gasteiger partial charge in [0.1, 0.15) is 11.8 Å². The lowest BCUT2D eigenvalue weighted by molar-refractivity contribution is 0.0969. The SMILES string of the molecule is CC1CN(c2ncnc3nc[nH]c23)CCC1O. The summed E-state index contributed by atoms with van der Waals surface area (Å²) >= 11 is 0. The van der Waals surface area contributed by atoms with Gasteiger partial charge in [0.25, 0.3) is 0 Å². The molecule has 3 heterocycles. The van der Waals surface area contributed by atoms with Crippen molar-refractivity contribution in [2.75, 3.05) is 18.0 Å². The van der Waals surface area contributed by atoms with Gasteiger partial charge in [0.15, 0.2) is 11.5 Å². The Bertz CT molecular complexity index is 525. The molecule has 6 nitrogen and oxygen atoms in total. The van der Waals surface area contributed by atoms with Gasteiger partial charge in [0.05, 0.1) is 12.4 Å². The number of rotatable bonds is 1. The summed E-state index contributed by atoms with van der Waals surface area (Å²) in [6.45, 7) is 3.69. The highest BCUT2D eigenvalue weighted by atomic mass is 16.3. The van der Waals surface area contributed by atoms with Crippen LogP contribution in [0.4, 0.5) is 5.82 Å². The summed E-state index contributed by atoms with van der Waals surface area (Å²) in [4.78, 5) is 17.8. The molecule has 0 saturated carbocycles.